The highest BCUT2D eigenvalue weighted by Gasteiger charge is 2.28. The van der Waals surface area contributed by atoms with Gasteiger partial charge in [-0.25, -0.2) is 0 Å². The topological polar surface area (TPSA) is 23.6 Å². The number of hydrogen-bond acceptors (Lipinski definition) is 2. The van der Waals surface area contributed by atoms with E-state index in [1.807, 2.05) is 64.0 Å². The van der Waals surface area contributed by atoms with Crippen LogP contribution < -0.4 is 4.90 Å². The summed E-state index contributed by atoms with van der Waals surface area (Å²) in [4.78, 5) is 16.6. The number of carbonyl (C=O) groups excluding carboxylic acids is 1. The van der Waals surface area contributed by atoms with Crippen LogP contribution in [-0.2, 0) is 4.79 Å². The van der Waals surface area contributed by atoms with E-state index >= 15 is 0 Å². The van der Waals surface area contributed by atoms with Gasteiger partial charge in [0, 0.05) is 24.2 Å². The zero-order valence-corrected chi connectivity index (χ0v) is 13.0. The highest BCUT2D eigenvalue weighted by Crippen LogP contribution is 2.23. The molecule has 1 rings (SSSR count). The lowest BCUT2D eigenvalue weighted by molar-refractivity contribution is -0.125. The van der Waals surface area contributed by atoms with Crippen LogP contribution in [0.3, 0.4) is 0 Å². The molecule has 0 aromatic heterocycles. The Morgan fingerprint density at radius 3 is 2.00 bits per heavy atom. The molecule has 19 heavy (non-hydrogen) atoms. The maximum atomic E-state index is 12.6. The van der Waals surface area contributed by atoms with Crippen LogP contribution in [-0.4, -0.2) is 38.0 Å². The average molecular weight is 262 g/mol. The van der Waals surface area contributed by atoms with E-state index in [9.17, 15) is 4.79 Å². The Bertz CT molecular complexity index is 415. The Morgan fingerprint density at radius 1 is 1.05 bits per heavy atom. The predicted octanol–water partition coefficient (Wildman–Crippen LogP) is 2.94. The van der Waals surface area contributed by atoms with E-state index in [0.29, 0.717) is 6.54 Å². The molecule has 0 atom stereocenters. The fourth-order valence-corrected chi connectivity index (χ4v) is 1.78. The van der Waals surface area contributed by atoms with Crippen LogP contribution in [0.15, 0.2) is 24.3 Å². The van der Waals surface area contributed by atoms with E-state index < -0.39 is 0 Å². The van der Waals surface area contributed by atoms with Gasteiger partial charge >= 0.3 is 0 Å². The lowest BCUT2D eigenvalue weighted by Crippen LogP contribution is -2.43. The minimum absolute atomic E-state index is 0.165. The van der Waals surface area contributed by atoms with Crippen molar-refractivity contribution in [3.8, 4) is 0 Å². The quantitative estimate of drug-likeness (QED) is 0.833. The largest absolute Gasteiger partial charge is 0.311 e. The van der Waals surface area contributed by atoms with Gasteiger partial charge in [0.1, 0.15) is 0 Å². The Labute approximate surface area is 117 Å². The van der Waals surface area contributed by atoms with Crippen LogP contribution in [0.25, 0.3) is 0 Å². The molecule has 0 saturated heterocycles. The fourth-order valence-electron chi connectivity index (χ4n) is 1.78. The van der Waals surface area contributed by atoms with Crippen LogP contribution in [0.4, 0.5) is 5.69 Å². The molecular weight excluding hydrogens is 236 g/mol. The van der Waals surface area contributed by atoms with Gasteiger partial charge in [0.2, 0.25) is 5.91 Å². The van der Waals surface area contributed by atoms with Crippen molar-refractivity contribution >= 4 is 11.6 Å². The SMILES string of the molecule is Cc1ccc(N(CCN(C)C)C(=O)C(C)(C)C)cc1. The molecule has 0 radical (unpaired) electrons. The Morgan fingerprint density at radius 2 is 1.58 bits per heavy atom. The summed E-state index contributed by atoms with van der Waals surface area (Å²) in [5, 5.41) is 0. The highest BCUT2D eigenvalue weighted by molar-refractivity contribution is 5.96. The van der Waals surface area contributed by atoms with Crippen molar-refractivity contribution in [2.75, 3.05) is 32.1 Å². The summed E-state index contributed by atoms with van der Waals surface area (Å²) >= 11 is 0. The zero-order chi connectivity index (χ0) is 14.6. The molecule has 0 saturated carbocycles. The molecule has 0 fully saturated rings. The third-order valence-corrected chi connectivity index (χ3v) is 3.00. The summed E-state index contributed by atoms with van der Waals surface area (Å²) in [5.74, 6) is 0.165. The second-order valence-electron chi connectivity index (χ2n) is 6.35. The monoisotopic (exact) mass is 262 g/mol. The summed E-state index contributed by atoms with van der Waals surface area (Å²) in [6.45, 7) is 9.52. The van der Waals surface area contributed by atoms with Crippen LogP contribution in [0.1, 0.15) is 26.3 Å². The van der Waals surface area contributed by atoms with Gasteiger partial charge in [0.05, 0.1) is 0 Å². The molecular formula is C16H26N2O. The number of carbonyl (C=O) groups is 1. The molecule has 0 unspecified atom stereocenters. The molecule has 106 valence electrons. The molecule has 0 aliphatic rings. The summed E-state index contributed by atoms with van der Waals surface area (Å²) in [6, 6.07) is 8.14. The van der Waals surface area contributed by atoms with Gasteiger partial charge in [-0.1, -0.05) is 38.5 Å². The number of aryl methyl sites for hydroxylation is 1. The lowest BCUT2D eigenvalue weighted by atomic mass is 9.94. The number of benzene rings is 1. The molecule has 3 heteroatoms. The van der Waals surface area contributed by atoms with Crippen LogP contribution in [0.2, 0.25) is 0 Å². The van der Waals surface area contributed by atoms with Crippen LogP contribution in [0.5, 0.6) is 0 Å². The van der Waals surface area contributed by atoms with Gasteiger partial charge in [-0.2, -0.15) is 0 Å². The van der Waals surface area contributed by atoms with Crippen molar-refractivity contribution < 1.29 is 4.79 Å². The first kappa shape index (κ1) is 15.7. The molecule has 0 aliphatic heterocycles. The number of likely N-dealkylation sites (N-methyl/N-ethyl adjacent to an activating group) is 1. The van der Waals surface area contributed by atoms with E-state index in [-0.39, 0.29) is 11.3 Å². The molecule has 0 bridgehead atoms. The number of hydrogen-bond donors (Lipinski definition) is 0. The smallest absolute Gasteiger partial charge is 0.232 e. The fraction of sp³-hybridized carbons (Fsp3) is 0.562. The van der Waals surface area contributed by atoms with Crippen LogP contribution >= 0.6 is 0 Å². The Hall–Kier alpha value is -1.35. The molecule has 0 aliphatic carbocycles. The van der Waals surface area contributed by atoms with Crippen molar-refractivity contribution in [3.63, 3.8) is 0 Å². The van der Waals surface area contributed by atoms with Gasteiger partial charge in [0.15, 0.2) is 0 Å². The maximum Gasteiger partial charge on any atom is 0.232 e. The van der Waals surface area contributed by atoms with Gasteiger partial charge in [-0.3, -0.25) is 4.79 Å². The average Bonchev–Trinajstić information content (AvgIpc) is 2.29. The van der Waals surface area contributed by atoms with Crippen molar-refractivity contribution in [2.45, 2.75) is 27.7 Å². The minimum atomic E-state index is -0.364. The first-order chi connectivity index (χ1) is 8.71. The second-order valence-corrected chi connectivity index (χ2v) is 6.35. The third-order valence-electron chi connectivity index (χ3n) is 3.00. The maximum absolute atomic E-state index is 12.6. The number of amides is 1. The van der Waals surface area contributed by atoms with Gasteiger partial charge in [-0.05, 0) is 33.2 Å². The minimum Gasteiger partial charge on any atom is -0.311 e. The normalized spacial score (nSPS) is 11.7. The molecule has 0 heterocycles. The first-order valence-electron chi connectivity index (χ1n) is 6.75. The number of anilines is 1. The summed E-state index contributed by atoms with van der Waals surface area (Å²) < 4.78 is 0. The Kier molecular flexibility index (Phi) is 5.12. The van der Waals surface area contributed by atoms with Crippen molar-refractivity contribution in [1.29, 1.82) is 0 Å². The zero-order valence-electron chi connectivity index (χ0n) is 13.0. The van der Waals surface area contributed by atoms with E-state index in [1.165, 1.54) is 5.56 Å². The van der Waals surface area contributed by atoms with E-state index in [2.05, 4.69) is 11.8 Å². The second kappa shape index (κ2) is 6.20. The summed E-state index contributed by atoms with van der Waals surface area (Å²) in [7, 11) is 4.05. The lowest BCUT2D eigenvalue weighted by Gasteiger charge is -2.30. The Balaban J connectivity index is 2.98. The molecule has 1 aromatic rings. The van der Waals surface area contributed by atoms with Gasteiger partial charge in [0.25, 0.3) is 0 Å². The van der Waals surface area contributed by atoms with Crippen molar-refractivity contribution in [3.05, 3.63) is 29.8 Å². The highest BCUT2D eigenvalue weighted by atomic mass is 16.2. The van der Waals surface area contributed by atoms with E-state index in [0.717, 1.165) is 12.2 Å². The van der Waals surface area contributed by atoms with Crippen molar-refractivity contribution in [2.24, 2.45) is 5.41 Å². The third kappa shape index (κ3) is 4.67. The molecule has 3 nitrogen and oxygen atoms in total. The standard InChI is InChI=1S/C16H26N2O/c1-13-7-9-14(10-8-13)18(12-11-17(5)6)15(19)16(2,3)4/h7-10H,11-12H2,1-6H3. The summed E-state index contributed by atoms with van der Waals surface area (Å²) in [6.07, 6.45) is 0. The molecule has 1 aromatic carbocycles. The van der Waals surface area contributed by atoms with Gasteiger partial charge in [-0.15, -0.1) is 0 Å². The molecule has 0 N–H and O–H groups in total. The number of rotatable bonds is 4. The van der Waals surface area contributed by atoms with E-state index in [4.69, 9.17) is 0 Å². The predicted molar refractivity (Wildman–Crippen MR) is 81.5 cm³/mol. The number of nitrogens with zero attached hydrogens (tertiary/aromatic N) is 2. The first-order valence-corrected chi connectivity index (χ1v) is 6.75. The molecule has 0 spiro atoms. The summed E-state index contributed by atoms with van der Waals surface area (Å²) in [5.41, 5.74) is 1.82. The van der Waals surface area contributed by atoms with E-state index in [1.54, 1.807) is 0 Å². The van der Waals surface area contributed by atoms with Crippen LogP contribution in [0, 0.1) is 12.3 Å². The van der Waals surface area contributed by atoms with Crippen molar-refractivity contribution in [1.82, 2.24) is 4.90 Å². The molecule has 1 amide bonds. The van der Waals surface area contributed by atoms with Gasteiger partial charge < -0.3 is 9.80 Å².